The van der Waals surface area contributed by atoms with Gasteiger partial charge in [0.1, 0.15) is 5.75 Å². The van der Waals surface area contributed by atoms with Gasteiger partial charge in [0, 0.05) is 18.2 Å². The Morgan fingerprint density at radius 3 is 2.52 bits per heavy atom. The molecule has 1 atom stereocenters. The molecular weight excluding hydrogens is 266 g/mol. The van der Waals surface area contributed by atoms with Crippen LogP contribution in [0.15, 0.2) is 42.5 Å². The second kappa shape index (κ2) is 6.99. The summed E-state index contributed by atoms with van der Waals surface area (Å²) in [4.78, 5) is 0. The molecule has 2 N–H and O–H groups in total. The van der Waals surface area contributed by atoms with Crippen LogP contribution in [-0.4, -0.2) is 19.3 Å². The lowest BCUT2D eigenvalue weighted by atomic mass is 10.1. The molecule has 21 heavy (non-hydrogen) atoms. The highest BCUT2D eigenvalue weighted by Gasteiger charge is 2.11. The smallest absolute Gasteiger partial charge is 0.165 e. The maximum Gasteiger partial charge on any atom is 0.165 e. The maximum atomic E-state index is 9.53. The molecular formula is C17H21NO3. The maximum absolute atomic E-state index is 9.53. The SMILES string of the molecule is COc1cccc(CNC(C)c2cccc(O)c2)c1OC. The van der Waals surface area contributed by atoms with Crippen molar-refractivity contribution in [3.05, 3.63) is 53.6 Å². The van der Waals surface area contributed by atoms with E-state index in [2.05, 4.69) is 12.2 Å². The van der Waals surface area contributed by atoms with Crippen LogP contribution in [0.5, 0.6) is 17.2 Å². The average Bonchev–Trinajstić information content (AvgIpc) is 2.51. The van der Waals surface area contributed by atoms with Crippen LogP contribution in [-0.2, 0) is 6.54 Å². The summed E-state index contributed by atoms with van der Waals surface area (Å²) in [5.41, 5.74) is 2.07. The van der Waals surface area contributed by atoms with Crippen LogP contribution in [0.1, 0.15) is 24.1 Å². The number of aromatic hydroxyl groups is 1. The predicted octanol–water partition coefficient (Wildman–Crippen LogP) is 3.26. The molecule has 0 heterocycles. The Labute approximate surface area is 125 Å². The average molecular weight is 287 g/mol. The van der Waals surface area contributed by atoms with E-state index in [1.165, 1.54) is 0 Å². The Balaban J connectivity index is 2.09. The standard InChI is InChI=1S/C17H21NO3/c1-12(13-6-4-8-15(19)10-13)18-11-14-7-5-9-16(20-2)17(14)21-3/h4-10,12,18-19H,11H2,1-3H3. The fourth-order valence-corrected chi connectivity index (χ4v) is 2.27. The van der Waals surface area contributed by atoms with Gasteiger partial charge in [-0.15, -0.1) is 0 Å². The normalized spacial score (nSPS) is 12.0. The highest BCUT2D eigenvalue weighted by molar-refractivity contribution is 5.46. The molecule has 2 rings (SSSR count). The van der Waals surface area contributed by atoms with Crippen LogP contribution in [0.25, 0.3) is 0 Å². The number of phenols is 1. The largest absolute Gasteiger partial charge is 0.508 e. The Bertz CT molecular complexity index is 598. The van der Waals surface area contributed by atoms with E-state index >= 15 is 0 Å². The van der Waals surface area contributed by atoms with Gasteiger partial charge in [0.25, 0.3) is 0 Å². The van der Waals surface area contributed by atoms with Gasteiger partial charge in [-0.2, -0.15) is 0 Å². The van der Waals surface area contributed by atoms with Crippen molar-refractivity contribution in [3.63, 3.8) is 0 Å². The number of methoxy groups -OCH3 is 2. The van der Waals surface area contributed by atoms with Gasteiger partial charge in [-0.3, -0.25) is 0 Å². The van der Waals surface area contributed by atoms with E-state index in [9.17, 15) is 5.11 Å². The van der Waals surface area contributed by atoms with Gasteiger partial charge in [0.15, 0.2) is 11.5 Å². The first-order valence-corrected chi connectivity index (χ1v) is 6.88. The zero-order valence-corrected chi connectivity index (χ0v) is 12.6. The summed E-state index contributed by atoms with van der Waals surface area (Å²) in [6.45, 7) is 2.71. The van der Waals surface area contributed by atoms with Crippen LogP contribution >= 0.6 is 0 Å². The highest BCUT2D eigenvalue weighted by Crippen LogP contribution is 2.31. The molecule has 0 fully saturated rings. The van der Waals surface area contributed by atoms with E-state index in [0.717, 1.165) is 22.6 Å². The minimum Gasteiger partial charge on any atom is -0.508 e. The minimum atomic E-state index is 0.119. The van der Waals surface area contributed by atoms with Crippen LogP contribution in [0.2, 0.25) is 0 Å². The zero-order valence-electron chi connectivity index (χ0n) is 12.6. The molecule has 0 radical (unpaired) electrons. The van der Waals surface area contributed by atoms with Gasteiger partial charge >= 0.3 is 0 Å². The van der Waals surface area contributed by atoms with Crippen molar-refractivity contribution >= 4 is 0 Å². The predicted molar refractivity (Wildman–Crippen MR) is 82.9 cm³/mol. The molecule has 0 bridgehead atoms. The fourth-order valence-electron chi connectivity index (χ4n) is 2.27. The van der Waals surface area contributed by atoms with E-state index in [-0.39, 0.29) is 11.8 Å². The summed E-state index contributed by atoms with van der Waals surface area (Å²) in [7, 11) is 3.27. The van der Waals surface area contributed by atoms with Crippen molar-refractivity contribution in [2.45, 2.75) is 19.5 Å². The third-order valence-corrected chi connectivity index (χ3v) is 3.45. The quantitative estimate of drug-likeness (QED) is 0.856. The summed E-state index contributed by atoms with van der Waals surface area (Å²) < 4.78 is 10.7. The van der Waals surface area contributed by atoms with Gasteiger partial charge in [-0.05, 0) is 30.7 Å². The molecule has 112 valence electrons. The minimum absolute atomic E-state index is 0.119. The Hall–Kier alpha value is -2.20. The van der Waals surface area contributed by atoms with E-state index in [1.54, 1.807) is 26.4 Å². The van der Waals surface area contributed by atoms with Crippen molar-refractivity contribution in [2.24, 2.45) is 0 Å². The lowest BCUT2D eigenvalue weighted by molar-refractivity contribution is 0.350. The molecule has 0 aliphatic heterocycles. The fraction of sp³-hybridized carbons (Fsp3) is 0.294. The monoisotopic (exact) mass is 287 g/mol. The second-order valence-electron chi connectivity index (χ2n) is 4.85. The van der Waals surface area contributed by atoms with Gasteiger partial charge in [0.2, 0.25) is 0 Å². The number of hydrogen-bond acceptors (Lipinski definition) is 4. The van der Waals surface area contributed by atoms with Crippen molar-refractivity contribution in [1.29, 1.82) is 0 Å². The molecule has 2 aromatic rings. The number of benzene rings is 2. The number of hydrogen-bond donors (Lipinski definition) is 2. The van der Waals surface area contributed by atoms with Crippen LogP contribution < -0.4 is 14.8 Å². The first-order valence-electron chi connectivity index (χ1n) is 6.88. The lowest BCUT2D eigenvalue weighted by Gasteiger charge is -2.17. The molecule has 4 heteroatoms. The number of phenolic OH excluding ortho intramolecular Hbond substituents is 1. The van der Waals surface area contributed by atoms with Gasteiger partial charge < -0.3 is 19.9 Å². The molecule has 0 saturated heterocycles. The number of para-hydroxylation sites is 1. The third kappa shape index (κ3) is 3.67. The highest BCUT2D eigenvalue weighted by atomic mass is 16.5. The molecule has 2 aromatic carbocycles. The van der Waals surface area contributed by atoms with Crippen molar-refractivity contribution in [3.8, 4) is 17.2 Å². The molecule has 1 unspecified atom stereocenters. The first kappa shape index (κ1) is 15.2. The first-order chi connectivity index (χ1) is 10.2. The van der Waals surface area contributed by atoms with Crippen molar-refractivity contribution in [2.75, 3.05) is 14.2 Å². The number of ether oxygens (including phenoxy) is 2. The zero-order chi connectivity index (χ0) is 15.2. The summed E-state index contributed by atoms with van der Waals surface area (Å²) in [6, 6.07) is 13.2. The summed E-state index contributed by atoms with van der Waals surface area (Å²) in [5.74, 6) is 1.75. The number of nitrogens with one attached hydrogen (secondary N) is 1. The molecule has 4 nitrogen and oxygen atoms in total. The van der Waals surface area contributed by atoms with Gasteiger partial charge in [-0.1, -0.05) is 24.3 Å². The van der Waals surface area contributed by atoms with Crippen LogP contribution in [0.4, 0.5) is 0 Å². The van der Waals surface area contributed by atoms with Crippen LogP contribution in [0.3, 0.4) is 0 Å². The van der Waals surface area contributed by atoms with E-state index in [1.807, 2.05) is 30.3 Å². The third-order valence-electron chi connectivity index (χ3n) is 3.45. The molecule has 0 amide bonds. The Kier molecular flexibility index (Phi) is 5.06. The van der Waals surface area contributed by atoms with Crippen molar-refractivity contribution < 1.29 is 14.6 Å². The van der Waals surface area contributed by atoms with E-state index in [4.69, 9.17) is 9.47 Å². The Morgan fingerprint density at radius 1 is 1.10 bits per heavy atom. The summed E-state index contributed by atoms with van der Waals surface area (Å²) in [5, 5.41) is 13.0. The molecule has 0 spiro atoms. The Morgan fingerprint density at radius 2 is 1.86 bits per heavy atom. The van der Waals surface area contributed by atoms with E-state index in [0.29, 0.717) is 6.54 Å². The summed E-state index contributed by atoms with van der Waals surface area (Å²) >= 11 is 0. The summed E-state index contributed by atoms with van der Waals surface area (Å²) in [6.07, 6.45) is 0. The van der Waals surface area contributed by atoms with Crippen molar-refractivity contribution in [1.82, 2.24) is 5.32 Å². The lowest BCUT2D eigenvalue weighted by Crippen LogP contribution is -2.18. The number of rotatable bonds is 6. The molecule has 0 aliphatic rings. The molecule has 0 aliphatic carbocycles. The topological polar surface area (TPSA) is 50.7 Å². The molecule has 0 saturated carbocycles. The van der Waals surface area contributed by atoms with E-state index < -0.39 is 0 Å². The molecule has 0 aromatic heterocycles. The van der Waals surface area contributed by atoms with Gasteiger partial charge in [-0.25, -0.2) is 0 Å². The van der Waals surface area contributed by atoms with Crippen LogP contribution in [0, 0.1) is 0 Å². The second-order valence-corrected chi connectivity index (χ2v) is 4.85. The van der Waals surface area contributed by atoms with Gasteiger partial charge in [0.05, 0.1) is 14.2 Å².